The molecule has 0 radical (unpaired) electrons. The van der Waals surface area contributed by atoms with Crippen LogP contribution in [0.1, 0.15) is 5.69 Å². The Labute approximate surface area is 98.6 Å². The molecular formula is C12H10Cl2N+. The minimum absolute atomic E-state index is 0.656. The van der Waals surface area contributed by atoms with Crippen LogP contribution in [0.25, 0.3) is 17.0 Å². The third-order valence-corrected chi connectivity index (χ3v) is 2.89. The molecule has 15 heavy (non-hydrogen) atoms. The molecule has 0 bridgehead atoms. The van der Waals surface area contributed by atoms with Gasteiger partial charge in [-0.2, -0.15) is 4.57 Å². The summed E-state index contributed by atoms with van der Waals surface area (Å²) in [6, 6.07) is 5.69. The Kier molecular flexibility index (Phi) is 2.68. The molecule has 0 atom stereocenters. The van der Waals surface area contributed by atoms with Gasteiger partial charge >= 0.3 is 0 Å². The number of rotatable bonds is 1. The van der Waals surface area contributed by atoms with E-state index in [1.165, 1.54) is 0 Å². The van der Waals surface area contributed by atoms with E-state index in [0.717, 1.165) is 16.5 Å². The minimum atomic E-state index is 0.656. The molecule has 0 fully saturated rings. The van der Waals surface area contributed by atoms with Gasteiger partial charge in [-0.3, -0.25) is 0 Å². The predicted molar refractivity (Wildman–Crippen MR) is 65.3 cm³/mol. The lowest BCUT2D eigenvalue weighted by atomic mass is 10.1. The number of pyridine rings is 1. The second kappa shape index (κ2) is 3.84. The maximum atomic E-state index is 6.11. The van der Waals surface area contributed by atoms with Crippen LogP contribution in [-0.4, -0.2) is 0 Å². The van der Waals surface area contributed by atoms with Gasteiger partial charge in [-0.25, -0.2) is 0 Å². The van der Waals surface area contributed by atoms with E-state index in [9.17, 15) is 0 Å². The number of hydrogen-bond acceptors (Lipinski definition) is 0. The first kappa shape index (κ1) is 10.5. The highest BCUT2D eigenvalue weighted by Crippen LogP contribution is 2.27. The first-order valence-electron chi connectivity index (χ1n) is 4.55. The number of fused-ring (bicyclic) bond motifs is 1. The lowest BCUT2D eigenvalue weighted by Gasteiger charge is -2.01. The van der Waals surface area contributed by atoms with Gasteiger partial charge in [-0.05, 0) is 24.1 Å². The summed E-state index contributed by atoms with van der Waals surface area (Å²) >= 11 is 12.1. The Hall–Kier alpha value is -1.05. The summed E-state index contributed by atoms with van der Waals surface area (Å²) in [5, 5.41) is 3.34. The van der Waals surface area contributed by atoms with Gasteiger partial charge in [0.2, 0.25) is 0 Å². The standard InChI is InChI=1S/C12H10Cl2N/c1-3-15-7-11-9(4-8(15)2)5-10(13)6-12(11)14/h3-7H,1H2,2H3/q+1. The third kappa shape index (κ3) is 1.85. The lowest BCUT2D eigenvalue weighted by molar-refractivity contribution is -0.573. The Morgan fingerprint density at radius 1 is 1.27 bits per heavy atom. The first-order chi connectivity index (χ1) is 7.11. The molecule has 1 heterocycles. The summed E-state index contributed by atoms with van der Waals surface area (Å²) < 4.78 is 1.93. The van der Waals surface area contributed by atoms with Gasteiger partial charge in [-0.1, -0.05) is 23.2 Å². The van der Waals surface area contributed by atoms with Crippen molar-refractivity contribution >= 4 is 40.2 Å². The van der Waals surface area contributed by atoms with E-state index in [0.29, 0.717) is 10.0 Å². The molecule has 1 nitrogen and oxygen atoms in total. The molecule has 0 unspecified atom stereocenters. The Morgan fingerprint density at radius 3 is 2.67 bits per heavy atom. The monoisotopic (exact) mass is 238 g/mol. The maximum Gasteiger partial charge on any atom is 0.184 e. The highest BCUT2D eigenvalue weighted by atomic mass is 35.5. The number of halogens is 2. The summed E-state index contributed by atoms with van der Waals surface area (Å²) in [4.78, 5) is 0. The van der Waals surface area contributed by atoms with Gasteiger partial charge < -0.3 is 0 Å². The van der Waals surface area contributed by atoms with Crippen molar-refractivity contribution < 1.29 is 4.57 Å². The normalized spacial score (nSPS) is 10.6. The molecule has 0 saturated heterocycles. The molecule has 0 aliphatic heterocycles. The summed E-state index contributed by atoms with van der Waals surface area (Å²) in [6.07, 6.45) is 3.70. The van der Waals surface area contributed by atoms with Crippen LogP contribution in [0.5, 0.6) is 0 Å². The average Bonchev–Trinajstić information content (AvgIpc) is 2.16. The third-order valence-electron chi connectivity index (χ3n) is 2.36. The van der Waals surface area contributed by atoms with Crippen LogP contribution in [0.2, 0.25) is 10.0 Å². The SMILES string of the molecule is C=C[n+]1cc2c(Cl)cc(Cl)cc2cc1C. The van der Waals surface area contributed by atoms with Crippen molar-refractivity contribution in [2.24, 2.45) is 0 Å². The summed E-state index contributed by atoms with van der Waals surface area (Å²) in [5.41, 5.74) is 1.09. The maximum absolute atomic E-state index is 6.11. The fourth-order valence-electron chi connectivity index (χ4n) is 1.60. The van der Waals surface area contributed by atoms with Crippen molar-refractivity contribution in [3.05, 3.63) is 46.7 Å². The van der Waals surface area contributed by atoms with Gasteiger partial charge in [0, 0.05) is 18.0 Å². The largest absolute Gasteiger partial charge is 0.184 e. The van der Waals surface area contributed by atoms with Crippen LogP contribution in [0.3, 0.4) is 0 Å². The minimum Gasteiger partial charge on any atom is -0.171 e. The molecule has 0 spiro atoms. The molecule has 0 N–H and O–H groups in total. The molecule has 1 aromatic carbocycles. The van der Waals surface area contributed by atoms with E-state index in [1.807, 2.05) is 29.8 Å². The van der Waals surface area contributed by atoms with Gasteiger partial charge in [0.1, 0.15) is 0 Å². The van der Waals surface area contributed by atoms with Gasteiger partial charge in [-0.15, -0.1) is 0 Å². The highest BCUT2D eigenvalue weighted by Gasteiger charge is 2.09. The quantitative estimate of drug-likeness (QED) is 0.665. The molecule has 0 amide bonds. The molecule has 1 aromatic heterocycles. The Balaban J connectivity index is 2.87. The van der Waals surface area contributed by atoms with E-state index in [-0.39, 0.29) is 0 Å². The number of hydrogen-bond donors (Lipinski definition) is 0. The van der Waals surface area contributed by atoms with Crippen LogP contribution in [-0.2, 0) is 0 Å². The lowest BCUT2D eigenvalue weighted by Crippen LogP contribution is -2.28. The van der Waals surface area contributed by atoms with Crippen molar-refractivity contribution in [2.45, 2.75) is 6.92 Å². The number of aromatic nitrogens is 1. The Morgan fingerprint density at radius 2 is 2.00 bits per heavy atom. The van der Waals surface area contributed by atoms with Crippen molar-refractivity contribution in [3.63, 3.8) is 0 Å². The predicted octanol–water partition coefficient (Wildman–Crippen LogP) is 3.84. The summed E-state index contributed by atoms with van der Waals surface area (Å²) in [7, 11) is 0. The average molecular weight is 239 g/mol. The second-order valence-corrected chi connectivity index (χ2v) is 4.24. The fourth-order valence-corrected chi connectivity index (χ4v) is 2.16. The topological polar surface area (TPSA) is 3.88 Å². The zero-order chi connectivity index (χ0) is 11.0. The number of nitrogens with zero attached hydrogens (tertiary/aromatic N) is 1. The summed E-state index contributed by atoms with van der Waals surface area (Å²) in [5.74, 6) is 0. The zero-order valence-corrected chi connectivity index (χ0v) is 9.81. The van der Waals surface area contributed by atoms with Crippen molar-refractivity contribution in [1.82, 2.24) is 0 Å². The fraction of sp³-hybridized carbons (Fsp3) is 0.0833. The van der Waals surface area contributed by atoms with Crippen LogP contribution >= 0.6 is 23.2 Å². The first-order valence-corrected chi connectivity index (χ1v) is 5.30. The molecule has 76 valence electrons. The van der Waals surface area contributed by atoms with E-state index >= 15 is 0 Å². The van der Waals surface area contributed by atoms with Crippen LogP contribution < -0.4 is 4.57 Å². The molecule has 3 heteroatoms. The van der Waals surface area contributed by atoms with Crippen molar-refractivity contribution in [3.8, 4) is 0 Å². The van der Waals surface area contributed by atoms with E-state index in [4.69, 9.17) is 23.2 Å². The molecule has 2 rings (SSSR count). The smallest absolute Gasteiger partial charge is 0.171 e. The molecular weight excluding hydrogens is 229 g/mol. The van der Waals surface area contributed by atoms with Crippen molar-refractivity contribution in [2.75, 3.05) is 0 Å². The molecule has 0 aliphatic carbocycles. The second-order valence-electron chi connectivity index (χ2n) is 3.40. The Bertz CT molecular complexity index is 547. The zero-order valence-electron chi connectivity index (χ0n) is 8.30. The molecule has 0 saturated carbocycles. The van der Waals surface area contributed by atoms with Gasteiger partial charge in [0.05, 0.1) is 10.4 Å². The molecule has 0 aliphatic rings. The summed E-state index contributed by atoms with van der Waals surface area (Å²) in [6.45, 7) is 5.75. The van der Waals surface area contributed by atoms with Crippen LogP contribution in [0.4, 0.5) is 0 Å². The number of aryl methyl sites for hydroxylation is 1. The van der Waals surface area contributed by atoms with Gasteiger partial charge in [0.25, 0.3) is 0 Å². The van der Waals surface area contributed by atoms with Crippen LogP contribution in [0.15, 0.2) is 31.0 Å². The van der Waals surface area contributed by atoms with Gasteiger partial charge in [0.15, 0.2) is 18.1 Å². The number of benzene rings is 1. The molecule has 2 aromatic rings. The van der Waals surface area contributed by atoms with Crippen molar-refractivity contribution in [1.29, 1.82) is 0 Å². The van der Waals surface area contributed by atoms with E-state index in [1.54, 1.807) is 12.3 Å². The highest BCUT2D eigenvalue weighted by molar-refractivity contribution is 6.38. The van der Waals surface area contributed by atoms with E-state index in [2.05, 4.69) is 6.58 Å². The van der Waals surface area contributed by atoms with E-state index < -0.39 is 0 Å². The van der Waals surface area contributed by atoms with Crippen LogP contribution in [0, 0.1) is 6.92 Å².